The van der Waals surface area contributed by atoms with Gasteiger partial charge in [-0.05, 0) is 25.0 Å². The number of aliphatic hydroxyl groups is 1. The van der Waals surface area contributed by atoms with Crippen LogP contribution in [0, 0.1) is 6.92 Å². The molecule has 0 radical (unpaired) electrons. The minimum atomic E-state index is -1.35. The molecule has 0 amide bonds. The van der Waals surface area contributed by atoms with Crippen LogP contribution in [0.5, 0.6) is 0 Å². The van der Waals surface area contributed by atoms with E-state index in [-0.39, 0.29) is 0 Å². The molecule has 0 bridgehead atoms. The number of benzene rings is 2. The fourth-order valence-corrected chi connectivity index (χ4v) is 3.45. The second-order valence-corrected chi connectivity index (χ2v) is 6.14. The van der Waals surface area contributed by atoms with Crippen LogP contribution in [-0.2, 0) is 12.1 Å². The molecule has 5 heteroatoms. The summed E-state index contributed by atoms with van der Waals surface area (Å²) in [5.74, 6) is 0.585. The number of H-pyrrole nitrogens is 1. The van der Waals surface area contributed by atoms with Gasteiger partial charge in [0, 0.05) is 6.54 Å². The van der Waals surface area contributed by atoms with Crippen LogP contribution in [-0.4, -0.2) is 24.9 Å². The van der Waals surface area contributed by atoms with Crippen LogP contribution in [0.15, 0.2) is 60.7 Å². The monoisotopic (exact) mass is 332 g/mol. The molecule has 126 valence electrons. The van der Waals surface area contributed by atoms with Crippen LogP contribution in [0.2, 0.25) is 0 Å². The van der Waals surface area contributed by atoms with Crippen molar-refractivity contribution in [3.63, 3.8) is 0 Å². The lowest BCUT2D eigenvalue weighted by Crippen LogP contribution is -2.32. The normalized spacial score (nSPS) is 12.0. The fourth-order valence-electron chi connectivity index (χ4n) is 3.45. The number of nitrogens with zero attached hydrogens (tertiary/aromatic N) is 3. The van der Waals surface area contributed by atoms with Gasteiger partial charge < -0.3 is 9.67 Å². The Balaban J connectivity index is 2.06. The number of aromatic nitrogens is 4. The Morgan fingerprint density at radius 1 is 1.00 bits per heavy atom. The Bertz CT molecular complexity index is 963. The highest BCUT2D eigenvalue weighted by atomic mass is 16.3. The van der Waals surface area contributed by atoms with Crippen LogP contribution >= 0.6 is 0 Å². The summed E-state index contributed by atoms with van der Waals surface area (Å²) in [4.78, 5) is 4.70. The van der Waals surface area contributed by atoms with Gasteiger partial charge in [-0.2, -0.15) is 5.10 Å². The Labute approximate surface area is 146 Å². The van der Waals surface area contributed by atoms with Gasteiger partial charge in [0.15, 0.2) is 17.1 Å². The molecule has 0 saturated heterocycles. The molecule has 0 aliphatic carbocycles. The molecule has 0 fully saturated rings. The van der Waals surface area contributed by atoms with Crippen molar-refractivity contribution < 1.29 is 5.11 Å². The Morgan fingerprint density at radius 2 is 1.56 bits per heavy atom. The number of nitrogens with one attached hydrogen (secondary N) is 1. The van der Waals surface area contributed by atoms with Gasteiger partial charge in [0.05, 0.1) is 5.69 Å². The van der Waals surface area contributed by atoms with E-state index >= 15 is 0 Å². The predicted molar refractivity (Wildman–Crippen MR) is 97.3 cm³/mol. The van der Waals surface area contributed by atoms with Crippen molar-refractivity contribution >= 4 is 11.2 Å². The van der Waals surface area contributed by atoms with Gasteiger partial charge in [0.1, 0.15) is 5.52 Å². The number of hydrogen-bond acceptors (Lipinski definition) is 3. The highest BCUT2D eigenvalue weighted by Gasteiger charge is 2.39. The van der Waals surface area contributed by atoms with Crippen LogP contribution in [0.25, 0.3) is 11.2 Å². The Kier molecular flexibility index (Phi) is 3.66. The van der Waals surface area contributed by atoms with Crippen LogP contribution in [0.3, 0.4) is 0 Å². The average molecular weight is 332 g/mol. The number of aromatic amines is 1. The molecule has 0 aliphatic heterocycles. The summed E-state index contributed by atoms with van der Waals surface area (Å²) in [5.41, 5.74) is 2.72. The molecule has 2 aromatic heterocycles. The van der Waals surface area contributed by atoms with Crippen molar-refractivity contribution in [3.8, 4) is 0 Å². The van der Waals surface area contributed by atoms with Gasteiger partial charge in [-0.3, -0.25) is 5.10 Å². The number of imidazole rings is 1. The highest BCUT2D eigenvalue weighted by Crippen LogP contribution is 2.37. The van der Waals surface area contributed by atoms with E-state index in [1.165, 1.54) is 0 Å². The third kappa shape index (κ3) is 2.27. The minimum absolute atomic E-state index is 0.585. The van der Waals surface area contributed by atoms with E-state index in [0.29, 0.717) is 18.0 Å². The largest absolute Gasteiger partial charge is 0.373 e. The second kappa shape index (κ2) is 5.86. The van der Waals surface area contributed by atoms with E-state index in [9.17, 15) is 5.11 Å². The first-order valence-corrected chi connectivity index (χ1v) is 8.41. The van der Waals surface area contributed by atoms with E-state index in [1.807, 2.05) is 79.1 Å². The van der Waals surface area contributed by atoms with Gasteiger partial charge in [0.2, 0.25) is 0 Å². The minimum Gasteiger partial charge on any atom is -0.373 e. The van der Waals surface area contributed by atoms with Gasteiger partial charge in [-0.25, -0.2) is 4.98 Å². The SMILES string of the molecule is CCn1c(C(O)(c2ccccc2)c2ccccc2)nc2n[nH]c(C)c21. The summed E-state index contributed by atoms with van der Waals surface area (Å²) >= 11 is 0. The molecule has 0 atom stereocenters. The zero-order chi connectivity index (χ0) is 17.4. The Hall–Kier alpha value is -2.92. The maximum absolute atomic E-state index is 11.9. The summed E-state index contributed by atoms with van der Waals surface area (Å²) < 4.78 is 2.04. The van der Waals surface area contributed by atoms with E-state index in [4.69, 9.17) is 4.98 Å². The first kappa shape index (κ1) is 15.6. The summed E-state index contributed by atoms with van der Waals surface area (Å²) in [5, 5.41) is 19.2. The van der Waals surface area contributed by atoms with Crippen molar-refractivity contribution in [2.24, 2.45) is 0 Å². The molecule has 0 saturated carbocycles. The summed E-state index contributed by atoms with van der Waals surface area (Å²) in [6.07, 6.45) is 0. The molecular formula is C20H20N4O. The number of aryl methyl sites for hydroxylation is 2. The third-order valence-corrected chi connectivity index (χ3v) is 4.66. The molecule has 5 nitrogen and oxygen atoms in total. The molecule has 4 aromatic rings. The van der Waals surface area contributed by atoms with E-state index in [2.05, 4.69) is 10.2 Å². The topological polar surface area (TPSA) is 66.7 Å². The van der Waals surface area contributed by atoms with Crippen molar-refractivity contribution in [1.29, 1.82) is 0 Å². The predicted octanol–water partition coefficient (Wildman–Crippen LogP) is 3.37. The molecule has 2 N–H and O–H groups in total. The standard InChI is InChI=1S/C20H20N4O/c1-3-24-17-14(2)22-23-18(17)21-19(24)20(25,15-10-6-4-7-11-15)16-12-8-5-9-13-16/h4-13,25H,3H2,1-2H3,(H,22,23). The van der Waals surface area contributed by atoms with Gasteiger partial charge in [0.25, 0.3) is 0 Å². The lowest BCUT2D eigenvalue weighted by atomic mass is 9.85. The van der Waals surface area contributed by atoms with Gasteiger partial charge >= 0.3 is 0 Å². The van der Waals surface area contributed by atoms with Crippen molar-refractivity contribution in [2.75, 3.05) is 0 Å². The maximum Gasteiger partial charge on any atom is 0.199 e. The van der Waals surface area contributed by atoms with Gasteiger partial charge in [-0.1, -0.05) is 60.7 Å². The van der Waals surface area contributed by atoms with Crippen molar-refractivity contribution in [3.05, 3.63) is 83.3 Å². The lowest BCUT2D eigenvalue weighted by molar-refractivity contribution is 0.112. The van der Waals surface area contributed by atoms with Crippen molar-refractivity contribution in [2.45, 2.75) is 26.0 Å². The van der Waals surface area contributed by atoms with Crippen molar-refractivity contribution in [1.82, 2.24) is 19.7 Å². The molecule has 0 unspecified atom stereocenters. The number of rotatable bonds is 4. The summed E-state index contributed by atoms with van der Waals surface area (Å²) in [6.45, 7) is 4.71. The van der Waals surface area contributed by atoms with E-state index in [1.54, 1.807) is 0 Å². The smallest absolute Gasteiger partial charge is 0.199 e. The molecule has 0 aliphatic rings. The Morgan fingerprint density at radius 3 is 2.08 bits per heavy atom. The molecule has 2 aromatic carbocycles. The van der Waals surface area contributed by atoms with Gasteiger partial charge in [-0.15, -0.1) is 0 Å². The second-order valence-electron chi connectivity index (χ2n) is 6.14. The first-order chi connectivity index (χ1) is 12.2. The maximum atomic E-state index is 11.9. The van der Waals surface area contributed by atoms with Crippen LogP contribution in [0.1, 0.15) is 29.6 Å². The first-order valence-electron chi connectivity index (χ1n) is 8.41. The highest BCUT2D eigenvalue weighted by molar-refractivity contribution is 5.75. The lowest BCUT2D eigenvalue weighted by Gasteiger charge is -2.29. The molecule has 0 spiro atoms. The van der Waals surface area contributed by atoms with E-state index in [0.717, 1.165) is 22.3 Å². The average Bonchev–Trinajstić information content (AvgIpc) is 3.22. The number of hydrogen-bond donors (Lipinski definition) is 2. The molecule has 4 rings (SSSR count). The molecule has 25 heavy (non-hydrogen) atoms. The summed E-state index contributed by atoms with van der Waals surface area (Å²) in [7, 11) is 0. The van der Waals surface area contributed by atoms with E-state index < -0.39 is 5.60 Å². The molecule has 2 heterocycles. The van der Waals surface area contributed by atoms with Crippen LogP contribution < -0.4 is 0 Å². The summed E-state index contributed by atoms with van der Waals surface area (Å²) in [6, 6.07) is 19.3. The van der Waals surface area contributed by atoms with Crippen LogP contribution in [0.4, 0.5) is 0 Å². The molecular weight excluding hydrogens is 312 g/mol. The zero-order valence-electron chi connectivity index (χ0n) is 14.3. The quantitative estimate of drug-likeness (QED) is 0.602. The number of fused-ring (bicyclic) bond motifs is 1. The zero-order valence-corrected chi connectivity index (χ0v) is 14.3. The third-order valence-electron chi connectivity index (χ3n) is 4.66. The fraction of sp³-hybridized carbons (Fsp3) is 0.200.